The van der Waals surface area contributed by atoms with Crippen molar-refractivity contribution in [2.24, 2.45) is 0 Å². The topological polar surface area (TPSA) is 62.6 Å². The fraction of sp³-hybridized carbons (Fsp3) is 0.407. The maximum atomic E-state index is 12.9. The first-order chi connectivity index (χ1) is 15.6. The number of amides is 1. The van der Waals surface area contributed by atoms with E-state index in [4.69, 9.17) is 16.0 Å². The van der Waals surface area contributed by atoms with Crippen molar-refractivity contribution >= 4 is 28.5 Å². The van der Waals surface area contributed by atoms with Gasteiger partial charge in [-0.25, -0.2) is 0 Å². The number of carbonyl (C=O) groups is 1. The molecule has 5 nitrogen and oxygen atoms in total. The molecule has 1 aromatic heterocycles. The summed E-state index contributed by atoms with van der Waals surface area (Å²) in [6.07, 6.45) is 2.32. The number of halogens is 1. The van der Waals surface area contributed by atoms with Crippen LogP contribution in [-0.2, 0) is 5.41 Å². The Morgan fingerprint density at radius 2 is 1.79 bits per heavy atom. The second-order valence-corrected chi connectivity index (χ2v) is 10.3. The predicted octanol–water partition coefficient (Wildman–Crippen LogP) is 5.62. The highest BCUT2D eigenvalue weighted by molar-refractivity contribution is 6.32. The Kier molecular flexibility index (Phi) is 6.64. The van der Waals surface area contributed by atoms with Crippen molar-refractivity contribution in [3.05, 3.63) is 80.2 Å². The molecule has 0 bridgehead atoms. The summed E-state index contributed by atoms with van der Waals surface area (Å²) in [5.74, 6) is -0.380. The molecule has 3 aromatic rings. The van der Waals surface area contributed by atoms with Gasteiger partial charge in [0.05, 0.1) is 11.4 Å². The van der Waals surface area contributed by atoms with E-state index in [-0.39, 0.29) is 22.6 Å². The standard InChI is InChI=1S/C27H31ClN2O3/c1-17-13-24-20(14-21(17)28)23(31)15-25(33-24)26(32)29-16-22(30-11-5-6-12-30)18-7-9-19(10-8-18)27(2,3)4/h7-10,13-15,22H,5-6,11-12,16H2,1-4H3,(H,29,32)/t22-/m0/s1. The molecule has 4 rings (SSSR count). The lowest BCUT2D eigenvalue weighted by Crippen LogP contribution is -2.37. The van der Waals surface area contributed by atoms with E-state index in [9.17, 15) is 9.59 Å². The van der Waals surface area contributed by atoms with Gasteiger partial charge in [-0.05, 0) is 67.1 Å². The number of carbonyl (C=O) groups excluding carboxylic acids is 1. The molecule has 6 heteroatoms. The molecule has 0 aliphatic carbocycles. The molecule has 1 aliphatic heterocycles. The van der Waals surface area contributed by atoms with E-state index >= 15 is 0 Å². The molecule has 1 N–H and O–H groups in total. The molecule has 2 aromatic carbocycles. The van der Waals surface area contributed by atoms with Gasteiger partial charge in [0.2, 0.25) is 0 Å². The number of hydrogen-bond donors (Lipinski definition) is 1. The molecule has 0 radical (unpaired) electrons. The van der Waals surface area contributed by atoms with E-state index in [0.717, 1.165) is 31.5 Å². The summed E-state index contributed by atoms with van der Waals surface area (Å²) in [7, 11) is 0. The number of aryl methyl sites for hydroxylation is 1. The summed E-state index contributed by atoms with van der Waals surface area (Å²) in [5.41, 5.74) is 3.42. The van der Waals surface area contributed by atoms with Crippen molar-refractivity contribution in [1.29, 1.82) is 0 Å². The molecule has 1 saturated heterocycles. The lowest BCUT2D eigenvalue weighted by molar-refractivity contribution is 0.0910. The molecular formula is C27H31ClN2O3. The van der Waals surface area contributed by atoms with Crippen LogP contribution in [0.3, 0.4) is 0 Å². The second-order valence-electron chi connectivity index (χ2n) is 9.91. The molecule has 1 amide bonds. The van der Waals surface area contributed by atoms with Crippen LogP contribution in [0.2, 0.25) is 5.02 Å². The number of hydrogen-bond acceptors (Lipinski definition) is 4. The summed E-state index contributed by atoms with van der Waals surface area (Å²) in [5, 5.41) is 3.87. The smallest absolute Gasteiger partial charge is 0.287 e. The molecule has 1 atom stereocenters. The highest BCUT2D eigenvalue weighted by Gasteiger charge is 2.25. The van der Waals surface area contributed by atoms with E-state index in [0.29, 0.717) is 22.5 Å². The van der Waals surface area contributed by atoms with Crippen molar-refractivity contribution in [2.45, 2.75) is 52.0 Å². The van der Waals surface area contributed by atoms with Crippen molar-refractivity contribution in [2.75, 3.05) is 19.6 Å². The SMILES string of the molecule is Cc1cc2oc(C(=O)NC[C@@H](c3ccc(C(C)(C)C)cc3)N3CCCC3)cc(=O)c2cc1Cl. The average molecular weight is 467 g/mol. The summed E-state index contributed by atoms with van der Waals surface area (Å²) in [6.45, 7) is 10.9. The minimum Gasteiger partial charge on any atom is -0.451 e. The van der Waals surface area contributed by atoms with E-state index < -0.39 is 5.91 Å². The highest BCUT2D eigenvalue weighted by atomic mass is 35.5. The number of nitrogens with one attached hydrogen (secondary N) is 1. The predicted molar refractivity (Wildman–Crippen MR) is 133 cm³/mol. The van der Waals surface area contributed by atoms with E-state index in [2.05, 4.69) is 55.3 Å². The fourth-order valence-electron chi connectivity index (χ4n) is 4.38. The molecule has 174 valence electrons. The minimum atomic E-state index is -0.392. The zero-order chi connectivity index (χ0) is 23.8. The third-order valence-corrected chi connectivity index (χ3v) is 6.84. The molecule has 0 saturated carbocycles. The van der Waals surface area contributed by atoms with Crippen molar-refractivity contribution in [3.63, 3.8) is 0 Å². The van der Waals surface area contributed by atoms with Gasteiger partial charge < -0.3 is 9.73 Å². The molecule has 0 spiro atoms. The Hall–Kier alpha value is -2.63. The van der Waals surface area contributed by atoms with Gasteiger partial charge in [0.1, 0.15) is 5.58 Å². The summed E-state index contributed by atoms with van der Waals surface area (Å²) < 4.78 is 5.77. The van der Waals surface area contributed by atoms with Crippen LogP contribution < -0.4 is 10.7 Å². The minimum absolute atomic E-state index is 0.0116. The summed E-state index contributed by atoms with van der Waals surface area (Å²) in [4.78, 5) is 27.9. The second kappa shape index (κ2) is 9.32. The van der Waals surface area contributed by atoms with Gasteiger partial charge in [0.25, 0.3) is 5.91 Å². The van der Waals surface area contributed by atoms with Crippen LogP contribution in [0.1, 0.15) is 66.9 Å². The molecule has 33 heavy (non-hydrogen) atoms. The van der Waals surface area contributed by atoms with Crippen LogP contribution in [0.4, 0.5) is 0 Å². The zero-order valence-electron chi connectivity index (χ0n) is 19.7. The van der Waals surface area contributed by atoms with E-state index in [1.165, 1.54) is 17.2 Å². The first kappa shape index (κ1) is 23.5. The molecular weight excluding hydrogens is 436 g/mol. The highest BCUT2D eigenvalue weighted by Crippen LogP contribution is 2.28. The van der Waals surface area contributed by atoms with Crippen LogP contribution in [-0.4, -0.2) is 30.4 Å². The molecule has 1 aliphatic rings. The van der Waals surface area contributed by atoms with E-state index in [1.54, 1.807) is 12.1 Å². The molecule has 2 heterocycles. The Labute approximate surface area is 199 Å². The molecule has 1 fully saturated rings. The number of nitrogens with zero attached hydrogens (tertiary/aromatic N) is 1. The Balaban J connectivity index is 1.56. The van der Waals surface area contributed by atoms with Gasteiger partial charge in [-0.1, -0.05) is 56.6 Å². The average Bonchev–Trinajstić information content (AvgIpc) is 3.29. The van der Waals surface area contributed by atoms with Crippen LogP contribution in [0.5, 0.6) is 0 Å². The Morgan fingerprint density at radius 1 is 1.12 bits per heavy atom. The normalized spacial score (nSPS) is 15.7. The van der Waals surface area contributed by atoms with Gasteiger partial charge in [0, 0.05) is 17.6 Å². The van der Waals surface area contributed by atoms with Crippen LogP contribution >= 0.6 is 11.6 Å². The van der Waals surface area contributed by atoms with Crippen molar-refractivity contribution in [1.82, 2.24) is 10.2 Å². The van der Waals surface area contributed by atoms with Crippen molar-refractivity contribution in [3.8, 4) is 0 Å². The molecule has 0 unspecified atom stereocenters. The monoisotopic (exact) mass is 466 g/mol. The third kappa shape index (κ3) is 5.15. The zero-order valence-corrected chi connectivity index (χ0v) is 20.5. The van der Waals surface area contributed by atoms with Gasteiger partial charge in [0.15, 0.2) is 11.2 Å². The third-order valence-electron chi connectivity index (χ3n) is 6.43. The van der Waals surface area contributed by atoms with Crippen LogP contribution in [0.15, 0.2) is 51.7 Å². The van der Waals surface area contributed by atoms with Crippen LogP contribution in [0.25, 0.3) is 11.0 Å². The summed E-state index contributed by atoms with van der Waals surface area (Å²) in [6, 6.07) is 13.3. The number of benzene rings is 2. The van der Waals surface area contributed by atoms with Gasteiger partial charge in [-0.3, -0.25) is 14.5 Å². The van der Waals surface area contributed by atoms with Crippen molar-refractivity contribution < 1.29 is 9.21 Å². The lowest BCUT2D eigenvalue weighted by Gasteiger charge is -2.29. The van der Waals surface area contributed by atoms with Gasteiger partial charge in [-0.2, -0.15) is 0 Å². The quantitative estimate of drug-likeness (QED) is 0.530. The maximum Gasteiger partial charge on any atom is 0.287 e. The van der Waals surface area contributed by atoms with Crippen LogP contribution in [0, 0.1) is 6.92 Å². The Morgan fingerprint density at radius 3 is 2.42 bits per heavy atom. The van der Waals surface area contributed by atoms with Gasteiger partial charge >= 0.3 is 0 Å². The Bertz CT molecular complexity index is 1220. The van der Waals surface area contributed by atoms with Gasteiger partial charge in [-0.15, -0.1) is 0 Å². The summed E-state index contributed by atoms with van der Waals surface area (Å²) >= 11 is 6.14. The maximum absolute atomic E-state index is 12.9. The lowest BCUT2D eigenvalue weighted by atomic mass is 9.86. The number of fused-ring (bicyclic) bond motifs is 1. The first-order valence-electron chi connectivity index (χ1n) is 11.5. The largest absolute Gasteiger partial charge is 0.451 e. The fourth-order valence-corrected chi connectivity index (χ4v) is 4.55. The number of likely N-dealkylation sites (tertiary alicyclic amines) is 1. The van der Waals surface area contributed by atoms with E-state index in [1.807, 2.05) is 6.92 Å². The first-order valence-corrected chi connectivity index (χ1v) is 11.9. The number of rotatable bonds is 5.